The first-order valence-electron chi connectivity index (χ1n) is 9.23. The van der Waals surface area contributed by atoms with E-state index >= 15 is 0 Å². The summed E-state index contributed by atoms with van der Waals surface area (Å²) in [4.78, 5) is 26.8. The van der Waals surface area contributed by atoms with Crippen molar-refractivity contribution in [2.24, 2.45) is 5.73 Å². The number of hydrogen-bond acceptors (Lipinski definition) is 5. The molecule has 0 radical (unpaired) electrons. The maximum absolute atomic E-state index is 12.7. The summed E-state index contributed by atoms with van der Waals surface area (Å²) in [5, 5.41) is 8.33. The van der Waals surface area contributed by atoms with Gasteiger partial charge >= 0.3 is 0 Å². The molecule has 6 nitrogen and oxygen atoms in total. The van der Waals surface area contributed by atoms with Gasteiger partial charge in [-0.1, -0.05) is 24.3 Å². The lowest BCUT2D eigenvalue weighted by atomic mass is 9.94. The normalized spacial score (nSPS) is 13.7. The highest BCUT2D eigenvalue weighted by Crippen LogP contribution is 2.29. The predicted molar refractivity (Wildman–Crippen MR) is 103 cm³/mol. The molecular weight excluding hydrogens is 328 g/mol. The Morgan fingerprint density at radius 3 is 2.00 bits per heavy atom. The van der Waals surface area contributed by atoms with Gasteiger partial charge in [0.15, 0.2) is 0 Å². The molecule has 0 aromatic heterocycles. The van der Waals surface area contributed by atoms with Crippen LogP contribution in [0.3, 0.4) is 0 Å². The van der Waals surface area contributed by atoms with Crippen LogP contribution in [0.4, 0.5) is 0 Å². The number of carbonyl (C=O) groups is 2. The standard InChI is InChI=1S/C20H26N4O2/c21-9-3-10-22-11-4-12-23-13-14-24-19(25)16-7-1-5-15-6-2-8-17(18(15)16)20(24)26/h1-2,5-8,22-23H,3-4,9-14,21H2. The van der Waals surface area contributed by atoms with E-state index in [0.29, 0.717) is 30.8 Å². The molecule has 0 fully saturated rings. The Kier molecular flexibility index (Phi) is 6.33. The Morgan fingerprint density at radius 1 is 0.808 bits per heavy atom. The molecule has 1 aliphatic rings. The van der Waals surface area contributed by atoms with Crippen LogP contribution < -0.4 is 16.4 Å². The van der Waals surface area contributed by atoms with Gasteiger partial charge < -0.3 is 16.4 Å². The van der Waals surface area contributed by atoms with Crippen molar-refractivity contribution >= 4 is 22.6 Å². The van der Waals surface area contributed by atoms with Gasteiger partial charge in [0.1, 0.15) is 0 Å². The number of imide groups is 1. The molecule has 4 N–H and O–H groups in total. The first kappa shape index (κ1) is 18.5. The fourth-order valence-corrected chi connectivity index (χ4v) is 3.29. The molecule has 2 aromatic rings. The molecule has 138 valence electrons. The lowest BCUT2D eigenvalue weighted by Crippen LogP contribution is -2.44. The van der Waals surface area contributed by atoms with Gasteiger partial charge in [0.25, 0.3) is 11.8 Å². The molecule has 2 aromatic carbocycles. The van der Waals surface area contributed by atoms with Crippen molar-refractivity contribution < 1.29 is 9.59 Å². The Morgan fingerprint density at radius 2 is 1.38 bits per heavy atom. The SMILES string of the molecule is NCCCNCCCNCCN1C(=O)c2cccc3cccc(c23)C1=O. The Balaban J connectivity index is 1.53. The monoisotopic (exact) mass is 354 g/mol. The fourth-order valence-electron chi connectivity index (χ4n) is 3.29. The van der Waals surface area contributed by atoms with Crippen molar-refractivity contribution in [3.63, 3.8) is 0 Å². The van der Waals surface area contributed by atoms with Gasteiger partial charge in [-0.3, -0.25) is 14.5 Å². The molecule has 2 amide bonds. The molecule has 0 spiro atoms. The van der Waals surface area contributed by atoms with Crippen LogP contribution in [0.15, 0.2) is 36.4 Å². The van der Waals surface area contributed by atoms with Crippen molar-refractivity contribution in [3.8, 4) is 0 Å². The van der Waals surface area contributed by atoms with Crippen molar-refractivity contribution in [1.82, 2.24) is 15.5 Å². The van der Waals surface area contributed by atoms with E-state index in [1.807, 2.05) is 24.3 Å². The van der Waals surface area contributed by atoms with Gasteiger partial charge in [-0.05, 0) is 56.5 Å². The van der Waals surface area contributed by atoms with Gasteiger partial charge in [0.2, 0.25) is 0 Å². The second kappa shape index (κ2) is 8.89. The number of nitrogens with one attached hydrogen (secondary N) is 2. The van der Waals surface area contributed by atoms with Crippen LogP contribution in [-0.2, 0) is 0 Å². The van der Waals surface area contributed by atoms with E-state index < -0.39 is 0 Å². The zero-order chi connectivity index (χ0) is 18.4. The van der Waals surface area contributed by atoms with Crippen LogP contribution in [0, 0.1) is 0 Å². The van der Waals surface area contributed by atoms with Gasteiger partial charge in [0.05, 0.1) is 0 Å². The summed E-state index contributed by atoms with van der Waals surface area (Å²) in [6.45, 7) is 4.40. The van der Waals surface area contributed by atoms with Crippen molar-refractivity contribution in [3.05, 3.63) is 47.5 Å². The average molecular weight is 354 g/mol. The third-order valence-corrected chi connectivity index (χ3v) is 4.63. The van der Waals surface area contributed by atoms with Crippen LogP contribution in [0.25, 0.3) is 10.8 Å². The summed E-state index contributed by atoms with van der Waals surface area (Å²) in [5.74, 6) is -0.408. The molecule has 26 heavy (non-hydrogen) atoms. The van der Waals surface area contributed by atoms with Gasteiger partial charge in [-0.15, -0.1) is 0 Å². The molecule has 6 heteroatoms. The van der Waals surface area contributed by atoms with E-state index in [0.717, 1.165) is 43.2 Å². The van der Waals surface area contributed by atoms with E-state index in [1.54, 1.807) is 12.1 Å². The van der Waals surface area contributed by atoms with Crippen LogP contribution in [0.1, 0.15) is 33.6 Å². The molecule has 0 saturated heterocycles. The summed E-state index contributed by atoms with van der Waals surface area (Å²) in [7, 11) is 0. The minimum absolute atomic E-state index is 0.204. The topological polar surface area (TPSA) is 87.5 Å². The van der Waals surface area contributed by atoms with E-state index in [1.165, 1.54) is 4.90 Å². The number of amides is 2. The Hall–Kier alpha value is -2.28. The van der Waals surface area contributed by atoms with Crippen molar-refractivity contribution in [2.45, 2.75) is 12.8 Å². The minimum atomic E-state index is -0.204. The molecule has 1 aliphatic heterocycles. The van der Waals surface area contributed by atoms with E-state index in [4.69, 9.17) is 5.73 Å². The first-order valence-corrected chi connectivity index (χ1v) is 9.23. The van der Waals surface area contributed by atoms with Crippen LogP contribution in [-0.4, -0.2) is 56.0 Å². The maximum atomic E-state index is 12.7. The molecule has 0 unspecified atom stereocenters. The summed E-state index contributed by atoms with van der Waals surface area (Å²) in [5.41, 5.74) is 6.67. The third-order valence-electron chi connectivity index (χ3n) is 4.63. The summed E-state index contributed by atoms with van der Waals surface area (Å²) in [6, 6.07) is 11.2. The smallest absolute Gasteiger partial charge is 0.261 e. The summed E-state index contributed by atoms with van der Waals surface area (Å²) in [6.07, 6.45) is 1.98. The Labute approximate surface area is 153 Å². The molecule has 0 bridgehead atoms. The molecule has 3 rings (SSSR count). The highest BCUT2D eigenvalue weighted by Gasteiger charge is 2.31. The van der Waals surface area contributed by atoms with E-state index in [9.17, 15) is 9.59 Å². The third kappa shape index (κ3) is 3.93. The number of nitrogens with two attached hydrogens (primary N) is 1. The Bertz CT molecular complexity index is 740. The zero-order valence-corrected chi connectivity index (χ0v) is 15.0. The van der Waals surface area contributed by atoms with Crippen molar-refractivity contribution in [2.75, 3.05) is 39.3 Å². The van der Waals surface area contributed by atoms with E-state index in [2.05, 4.69) is 10.6 Å². The van der Waals surface area contributed by atoms with Crippen molar-refractivity contribution in [1.29, 1.82) is 0 Å². The van der Waals surface area contributed by atoms with E-state index in [-0.39, 0.29) is 11.8 Å². The quantitative estimate of drug-likeness (QED) is 0.443. The average Bonchev–Trinajstić information content (AvgIpc) is 2.67. The molecule has 0 aliphatic carbocycles. The number of hydrogen-bond donors (Lipinski definition) is 3. The number of rotatable bonds is 10. The second-order valence-corrected chi connectivity index (χ2v) is 6.47. The molecule has 0 atom stereocenters. The fraction of sp³-hybridized carbons (Fsp3) is 0.400. The van der Waals surface area contributed by atoms with Crippen LogP contribution in [0.5, 0.6) is 0 Å². The molecular formula is C20H26N4O2. The summed E-state index contributed by atoms with van der Waals surface area (Å²) >= 11 is 0. The largest absolute Gasteiger partial charge is 0.330 e. The van der Waals surface area contributed by atoms with Crippen LogP contribution >= 0.6 is 0 Å². The predicted octanol–water partition coefficient (Wildman–Crippen LogP) is 1.35. The second-order valence-electron chi connectivity index (χ2n) is 6.47. The van der Waals surface area contributed by atoms with Gasteiger partial charge in [-0.2, -0.15) is 0 Å². The lowest BCUT2D eigenvalue weighted by molar-refractivity contribution is 0.0612. The molecule has 1 heterocycles. The highest BCUT2D eigenvalue weighted by molar-refractivity contribution is 6.25. The van der Waals surface area contributed by atoms with Crippen LogP contribution in [0.2, 0.25) is 0 Å². The van der Waals surface area contributed by atoms with Gasteiger partial charge in [-0.25, -0.2) is 0 Å². The van der Waals surface area contributed by atoms with Gasteiger partial charge in [0, 0.05) is 29.6 Å². The first-order chi connectivity index (χ1) is 12.7. The summed E-state index contributed by atoms with van der Waals surface area (Å²) < 4.78 is 0. The number of nitrogens with zero attached hydrogens (tertiary/aromatic N) is 1. The minimum Gasteiger partial charge on any atom is -0.330 e. The zero-order valence-electron chi connectivity index (χ0n) is 15.0. The number of benzene rings is 2. The highest BCUT2D eigenvalue weighted by atomic mass is 16.2. The lowest BCUT2D eigenvalue weighted by Gasteiger charge is -2.27. The maximum Gasteiger partial charge on any atom is 0.261 e. The number of carbonyl (C=O) groups excluding carboxylic acids is 2. The molecule has 0 saturated carbocycles.